The Kier molecular flexibility index (Phi) is 12.2. The fraction of sp³-hybridized carbons (Fsp3) is 0.571. The van der Waals surface area contributed by atoms with Crippen LogP contribution in [0.2, 0.25) is 0 Å². The van der Waals surface area contributed by atoms with Gasteiger partial charge in [-0.1, -0.05) is 115 Å². The van der Waals surface area contributed by atoms with Crippen molar-refractivity contribution in [3.8, 4) is 0 Å². The standard InChI is InChI=1S/C56H68O10/c1-34-25-30-56(51(60)61)32-31-54(6)39(44(56)35(34)2)23-24-42-53(5)28-27-43(52(3,4)41(53)26-29-55(42,54)7)64-50-46(66-49(59)38-21-15-10-16-22-38)45(65-48(58)37-19-13-9-14-20-37)40(33-62-50)63-47(57)36-17-11-8-12-18-36/h8-23,34-35,40-46,50H,24-33H2,1-7H3,(H,60,61)/t34-,35+,40+,41?,42-,43+,44+,45+,46-,50+,53+,54-,55-,56+/m1/s1. The Balaban J connectivity index is 1.02. The van der Waals surface area contributed by atoms with E-state index in [0.29, 0.717) is 28.9 Å². The number of allylic oxidation sites excluding steroid dienone is 2. The Labute approximate surface area is 390 Å². The molecular weight excluding hydrogens is 833 g/mol. The second kappa shape index (κ2) is 17.4. The Hall–Kier alpha value is -4.80. The Bertz CT molecular complexity index is 2330. The van der Waals surface area contributed by atoms with E-state index >= 15 is 0 Å². The number of carbonyl (C=O) groups excluding carboxylic acids is 3. The minimum atomic E-state index is -1.30. The van der Waals surface area contributed by atoms with Gasteiger partial charge in [-0.15, -0.1) is 0 Å². The third-order valence-corrected chi connectivity index (χ3v) is 18.8. The highest BCUT2D eigenvalue weighted by atomic mass is 16.7. The lowest BCUT2D eigenvalue weighted by Gasteiger charge is -2.71. The lowest BCUT2D eigenvalue weighted by atomic mass is 9.33. The molecule has 6 aliphatic rings. The summed E-state index contributed by atoms with van der Waals surface area (Å²) >= 11 is 0. The molecule has 5 aliphatic carbocycles. The molecule has 1 aliphatic heterocycles. The summed E-state index contributed by atoms with van der Waals surface area (Å²) in [5.74, 6) is -1.06. The predicted molar refractivity (Wildman–Crippen MR) is 248 cm³/mol. The number of aliphatic carboxylic acids is 1. The van der Waals surface area contributed by atoms with Gasteiger partial charge in [0.15, 0.2) is 24.6 Å². The highest BCUT2D eigenvalue weighted by Crippen LogP contribution is 2.76. The maximum absolute atomic E-state index is 14.0. The fourth-order valence-electron chi connectivity index (χ4n) is 14.8. The van der Waals surface area contributed by atoms with Crippen molar-refractivity contribution in [1.29, 1.82) is 0 Å². The van der Waals surface area contributed by atoms with Crippen molar-refractivity contribution in [2.45, 2.75) is 137 Å². The number of benzene rings is 3. The first kappa shape index (κ1) is 46.3. The number of hydrogen-bond acceptors (Lipinski definition) is 9. The van der Waals surface area contributed by atoms with E-state index in [-0.39, 0.29) is 51.8 Å². The molecule has 9 rings (SSSR count). The number of fused-ring (bicyclic) bond motifs is 7. The molecule has 0 radical (unpaired) electrons. The van der Waals surface area contributed by atoms with Gasteiger partial charge in [0, 0.05) is 0 Å². The number of rotatable bonds is 9. The molecule has 1 heterocycles. The van der Waals surface area contributed by atoms with Crippen LogP contribution in [0.5, 0.6) is 0 Å². The smallest absolute Gasteiger partial charge is 0.338 e. The van der Waals surface area contributed by atoms with Crippen LogP contribution < -0.4 is 0 Å². The molecule has 0 amide bonds. The maximum atomic E-state index is 14.0. The lowest BCUT2D eigenvalue weighted by molar-refractivity contribution is -0.306. The first-order chi connectivity index (χ1) is 31.4. The quantitative estimate of drug-likeness (QED) is 0.0957. The van der Waals surface area contributed by atoms with Gasteiger partial charge in [-0.25, -0.2) is 14.4 Å². The predicted octanol–water partition coefficient (Wildman–Crippen LogP) is 11.1. The average Bonchev–Trinajstić information content (AvgIpc) is 3.31. The van der Waals surface area contributed by atoms with Crippen molar-refractivity contribution in [2.24, 2.45) is 56.7 Å². The van der Waals surface area contributed by atoms with Gasteiger partial charge >= 0.3 is 23.9 Å². The van der Waals surface area contributed by atoms with Gasteiger partial charge in [0.05, 0.1) is 34.8 Å². The van der Waals surface area contributed by atoms with E-state index in [1.54, 1.807) is 84.9 Å². The summed E-state index contributed by atoms with van der Waals surface area (Å²) in [4.78, 5) is 54.7. The molecule has 66 heavy (non-hydrogen) atoms. The van der Waals surface area contributed by atoms with Gasteiger partial charge in [0.1, 0.15) is 0 Å². The number of esters is 3. The van der Waals surface area contributed by atoms with E-state index in [4.69, 9.17) is 23.7 Å². The Morgan fingerprint density at radius 1 is 0.636 bits per heavy atom. The summed E-state index contributed by atoms with van der Waals surface area (Å²) in [7, 11) is 0. The number of hydrogen-bond donors (Lipinski definition) is 1. The van der Waals surface area contributed by atoms with Crippen LogP contribution in [-0.2, 0) is 28.5 Å². The third kappa shape index (κ3) is 7.53. The molecule has 0 aromatic heterocycles. The second-order valence-corrected chi connectivity index (χ2v) is 22.1. The highest BCUT2D eigenvalue weighted by molar-refractivity contribution is 5.91. The fourth-order valence-corrected chi connectivity index (χ4v) is 14.8. The van der Waals surface area contributed by atoms with Crippen molar-refractivity contribution >= 4 is 23.9 Å². The molecule has 10 nitrogen and oxygen atoms in total. The van der Waals surface area contributed by atoms with Gasteiger partial charge in [0.2, 0.25) is 0 Å². The SMILES string of the molecule is C[C@H]1[C@H](C)CC[C@]2(C(=O)O)CC[C@]3(C)C(=CC[C@@H]4[C@@]5(C)CC[C@H](O[C@@H]6OC[C@H](OC(=O)c7ccccc7)[C@H](OC(=O)c7ccccc7)[C@H]6OC(=O)c6ccccc6)C(C)(C)C5CC[C@]43C)[C@H]12. The van der Waals surface area contributed by atoms with Crippen LogP contribution in [0.15, 0.2) is 103 Å². The van der Waals surface area contributed by atoms with E-state index in [2.05, 4.69) is 54.5 Å². The zero-order valence-electron chi connectivity index (χ0n) is 39.7. The second-order valence-electron chi connectivity index (χ2n) is 22.1. The first-order valence-electron chi connectivity index (χ1n) is 24.4. The zero-order chi connectivity index (χ0) is 46.8. The zero-order valence-corrected chi connectivity index (χ0v) is 39.7. The summed E-state index contributed by atoms with van der Waals surface area (Å²) in [6.45, 7) is 16.6. The molecule has 3 aromatic rings. The van der Waals surface area contributed by atoms with Crippen molar-refractivity contribution in [1.82, 2.24) is 0 Å². The number of ether oxygens (including phenoxy) is 5. The lowest BCUT2D eigenvalue weighted by Crippen LogP contribution is -2.66. The van der Waals surface area contributed by atoms with Crippen LogP contribution in [-0.4, -0.2) is 66.3 Å². The van der Waals surface area contributed by atoms with Crippen LogP contribution in [0.1, 0.15) is 137 Å². The topological polar surface area (TPSA) is 135 Å². The van der Waals surface area contributed by atoms with E-state index < -0.39 is 53.9 Å². The first-order valence-corrected chi connectivity index (χ1v) is 24.4. The summed E-state index contributed by atoms with van der Waals surface area (Å²) in [5.41, 5.74) is 1.12. The molecule has 4 saturated carbocycles. The van der Waals surface area contributed by atoms with E-state index in [1.807, 2.05) is 6.07 Å². The summed E-state index contributed by atoms with van der Waals surface area (Å²) < 4.78 is 32.2. The van der Waals surface area contributed by atoms with Crippen molar-refractivity contribution in [3.05, 3.63) is 119 Å². The molecule has 1 unspecified atom stereocenters. The van der Waals surface area contributed by atoms with E-state index in [0.717, 1.165) is 57.8 Å². The monoisotopic (exact) mass is 900 g/mol. The van der Waals surface area contributed by atoms with Gasteiger partial charge in [0.25, 0.3) is 0 Å². The number of carboxylic acid groups (broad SMARTS) is 1. The summed E-state index contributed by atoms with van der Waals surface area (Å²) in [6, 6.07) is 25.7. The molecule has 3 aromatic carbocycles. The van der Waals surface area contributed by atoms with Crippen LogP contribution in [0.3, 0.4) is 0 Å². The number of carboxylic acids is 1. The van der Waals surface area contributed by atoms with E-state index in [9.17, 15) is 24.3 Å². The van der Waals surface area contributed by atoms with Crippen LogP contribution >= 0.6 is 0 Å². The summed E-state index contributed by atoms with van der Waals surface area (Å²) in [5, 5.41) is 10.9. The molecule has 352 valence electrons. The van der Waals surface area contributed by atoms with Crippen LogP contribution in [0.4, 0.5) is 0 Å². The Morgan fingerprint density at radius 2 is 1.20 bits per heavy atom. The molecule has 10 heteroatoms. The largest absolute Gasteiger partial charge is 0.481 e. The Morgan fingerprint density at radius 3 is 1.77 bits per heavy atom. The minimum Gasteiger partial charge on any atom is -0.481 e. The van der Waals surface area contributed by atoms with Gasteiger partial charge in [-0.3, -0.25) is 4.79 Å². The summed E-state index contributed by atoms with van der Waals surface area (Å²) in [6.07, 6.45) is 5.26. The maximum Gasteiger partial charge on any atom is 0.338 e. The molecule has 0 spiro atoms. The van der Waals surface area contributed by atoms with Crippen LogP contribution in [0, 0.1) is 56.7 Å². The highest BCUT2D eigenvalue weighted by Gasteiger charge is 2.70. The van der Waals surface area contributed by atoms with Crippen molar-refractivity contribution in [2.75, 3.05) is 6.61 Å². The molecule has 1 N–H and O–H groups in total. The average molecular weight is 901 g/mol. The molecule has 0 bridgehead atoms. The van der Waals surface area contributed by atoms with Crippen LogP contribution in [0.25, 0.3) is 0 Å². The van der Waals surface area contributed by atoms with E-state index in [1.165, 1.54) is 5.57 Å². The third-order valence-electron chi connectivity index (χ3n) is 18.8. The molecular formula is C56H68O10. The minimum absolute atomic E-state index is 0.0115. The van der Waals surface area contributed by atoms with Gasteiger partial charge < -0.3 is 28.8 Å². The molecule has 1 saturated heterocycles. The van der Waals surface area contributed by atoms with Gasteiger partial charge in [-0.2, -0.15) is 0 Å². The van der Waals surface area contributed by atoms with Crippen molar-refractivity contribution in [3.63, 3.8) is 0 Å². The van der Waals surface area contributed by atoms with Gasteiger partial charge in [-0.05, 0) is 145 Å². The van der Waals surface area contributed by atoms with Crippen molar-refractivity contribution < 1.29 is 48.0 Å². The number of carbonyl (C=O) groups is 4. The molecule has 14 atom stereocenters. The normalized spacial score (nSPS) is 39.0. The molecule has 5 fully saturated rings.